The van der Waals surface area contributed by atoms with E-state index < -0.39 is 0 Å². The summed E-state index contributed by atoms with van der Waals surface area (Å²) >= 11 is 0. The second-order valence-electron chi connectivity index (χ2n) is 7.08. The molecule has 0 N–H and O–H groups in total. The summed E-state index contributed by atoms with van der Waals surface area (Å²) in [4.78, 5) is 0. The monoisotopic (exact) mass is 367 g/mol. The summed E-state index contributed by atoms with van der Waals surface area (Å²) in [6.07, 6.45) is 2.11. The zero-order valence-corrected chi connectivity index (χ0v) is 15.4. The molecule has 0 aromatic heterocycles. The predicted octanol–water partition coefficient (Wildman–Crippen LogP) is 5.70. The molecule has 0 aliphatic carbocycles. The average Bonchev–Trinajstić information content (AvgIpc) is 3.13. The first-order valence-electron chi connectivity index (χ1n) is 9.25. The molecule has 0 bridgehead atoms. The van der Waals surface area contributed by atoms with Gasteiger partial charge in [-0.25, -0.2) is 4.39 Å². The molecule has 136 valence electrons. The number of fused-ring (bicyclic) bond motifs is 3. The molecule has 2 heterocycles. The van der Waals surface area contributed by atoms with Gasteiger partial charge in [-0.1, -0.05) is 48.0 Å². The van der Waals surface area contributed by atoms with Gasteiger partial charge in [0.05, 0.1) is 5.52 Å². The Bertz CT molecular complexity index is 1250. The molecule has 4 heteroatoms. The van der Waals surface area contributed by atoms with E-state index in [1.807, 2.05) is 12.1 Å². The van der Waals surface area contributed by atoms with E-state index in [2.05, 4.69) is 64.3 Å². The Kier molecular flexibility index (Phi) is 3.90. The highest BCUT2D eigenvalue weighted by Gasteiger charge is 2.20. The number of rotatable bonds is 3. The first kappa shape index (κ1) is 16.6. The molecule has 2 aliphatic rings. The molecule has 0 fully saturated rings. The van der Waals surface area contributed by atoms with Gasteiger partial charge in [0, 0.05) is 29.3 Å². The SMILES string of the molecule is Cc1cccc(Cn2cc3c(-c4ccc(F)cc4)nnc-3c3ccccc32)c1. The molecule has 28 heavy (non-hydrogen) atoms. The van der Waals surface area contributed by atoms with E-state index in [4.69, 9.17) is 0 Å². The van der Waals surface area contributed by atoms with Crippen LogP contribution in [0.2, 0.25) is 0 Å². The Morgan fingerprint density at radius 1 is 0.857 bits per heavy atom. The van der Waals surface area contributed by atoms with Crippen molar-refractivity contribution in [1.29, 1.82) is 0 Å². The van der Waals surface area contributed by atoms with Crippen LogP contribution in [0.5, 0.6) is 0 Å². The van der Waals surface area contributed by atoms with E-state index in [0.717, 1.165) is 40.0 Å². The number of para-hydroxylation sites is 1. The number of aromatic nitrogens is 3. The Labute approximate surface area is 162 Å². The fourth-order valence-electron chi connectivity index (χ4n) is 3.75. The summed E-state index contributed by atoms with van der Waals surface area (Å²) in [6.45, 7) is 2.86. The number of halogens is 1. The normalized spacial score (nSPS) is 11.4. The highest BCUT2D eigenvalue weighted by Crippen LogP contribution is 2.36. The maximum absolute atomic E-state index is 13.3. The number of nitrogens with zero attached hydrogens (tertiary/aromatic N) is 3. The molecule has 0 unspecified atom stereocenters. The minimum absolute atomic E-state index is 0.257. The maximum atomic E-state index is 13.3. The van der Waals surface area contributed by atoms with Crippen LogP contribution in [0.4, 0.5) is 4.39 Å². The molecule has 0 saturated heterocycles. The molecule has 3 nitrogen and oxygen atoms in total. The number of benzene rings is 3. The Morgan fingerprint density at radius 3 is 2.46 bits per heavy atom. The number of pyridine rings is 1. The van der Waals surface area contributed by atoms with Gasteiger partial charge in [-0.05, 0) is 42.8 Å². The largest absolute Gasteiger partial charge is 0.342 e. The second-order valence-corrected chi connectivity index (χ2v) is 7.08. The van der Waals surface area contributed by atoms with Crippen LogP contribution in [-0.2, 0) is 6.54 Å². The fourth-order valence-corrected chi connectivity index (χ4v) is 3.75. The molecule has 3 aromatic rings. The number of hydrogen-bond donors (Lipinski definition) is 0. The molecular formula is C24H18FN3. The smallest absolute Gasteiger partial charge is 0.123 e. The fraction of sp³-hybridized carbons (Fsp3) is 0.0833. The minimum atomic E-state index is -0.257. The van der Waals surface area contributed by atoms with Crippen molar-refractivity contribution in [3.05, 3.63) is 95.9 Å². The van der Waals surface area contributed by atoms with Crippen molar-refractivity contribution in [2.24, 2.45) is 0 Å². The molecule has 3 aromatic carbocycles. The molecule has 0 saturated carbocycles. The quantitative estimate of drug-likeness (QED) is 0.410. The molecule has 5 rings (SSSR count). The average molecular weight is 367 g/mol. The van der Waals surface area contributed by atoms with Gasteiger partial charge in [-0.3, -0.25) is 0 Å². The molecular weight excluding hydrogens is 349 g/mol. The lowest BCUT2D eigenvalue weighted by Gasteiger charge is -2.15. The molecule has 0 spiro atoms. The van der Waals surface area contributed by atoms with Gasteiger partial charge in [0.15, 0.2) is 0 Å². The van der Waals surface area contributed by atoms with E-state index in [9.17, 15) is 4.39 Å². The van der Waals surface area contributed by atoms with Crippen molar-refractivity contribution >= 4 is 10.9 Å². The summed E-state index contributed by atoms with van der Waals surface area (Å²) in [5, 5.41) is 9.94. The molecule has 0 amide bonds. The lowest BCUT2D eigenvalue weighted by Crippen LogP contribution is -2.04. The maximum Gasteiger partial charge on any atom is 0.123 e. The first-order valence-corrected chi connectivity index (χ1v) is 9.25. The van der Waals surface area contributed by atoms with Crippen LogP contribution in [-0.4, -0.2) is 14.8 Å². The van der Waals surface area contributed by atoms with Crippen molar-refractivity contribution in [2.75, 3.05) is 0 Å². The Morgan fingerprint density at radius 2 is 1.64 bits per heavy atom. The van der Waals surface area contributed by atoms with Crippen LogP contribution in [0.1, 0.15) is 11.1 Å². The van der Waals surface area contributed by atoms with E-state index in [-0.39, 0.29) is 5.82 Å². The van der Waals surface area contributed by atoms with Gasteiger partial charge in [0.1, 0.15) is 17.2 Å². The van der Waals surface area contributed by atoms with Crippen LogP contribution in [0.15, 0.2) is 79.0 Å². The number of hydrogen-bond acceptors (Lipinski definition) is 2. The summed E-state index contributed by atoms with van der Waals surface area (Å²) in [5.74, 6) is -0.257. The number of aryl methyl sites for hydroxylation is 1. The van der Waals surface area contributed by atoms with Crippen LogP contribution >= 0.6 is 0 Å². The van der Waals surface area contributed by atoms with Crippen LogP contribution in [0.25, 0.3) is 33.4 Å². The van der Waals surface area contributed by atoms with Gasteiger partial charge in [-0.2, -0.15) is 0 Å². The molecule has 2 aliphatic heterocycles. The van der Waals surface area contributed by atoms with Crippen LogP contribution < -0.4 is 0 Å². The van der Waals surface area contributed by atoms with Gasteiger partial charge < -0.3 is 4.57 Å². The van der Waals surface area contributed by atoms with Crippen LogP contribution in [0, 0.1) is 12.7 Å². The third-order valence-corrected chi connectivity index (χ3v) is 5.07. The third-order valence-electron chi connectivity index (χ3n) is 5.07. The zero-order valence-electron chi connectivity index (χ0n) is 15.4. The van der Waals surface area contributed by atoms with Crippen molar-refractivity contribution in [3.8, 4) is 22.5 Å². The van der Waals surface area contributed by atoms with Crippen molar-refractivity contribution < 1.29 is 4.39 Å². The zero-order chi connectivity index (χ0) is 19.1. The van der Waals surface area contributed by atoms with Gasteiger partial charge in [-0.15, -0.1) is 10.2 Å². The summed E-state index contributed by atoms with van der Waals surface area (Å²) in [7, 11) is 0. The van der Waals surface area contributed by atoms with E-state index >= 15 is 0 Å². The highest BCUT2D eigenvalue weighted by molar-refractivity contribution is 5.97. The van der Waals surface area contributed by atoms with E-state index in [0.29, 0.717) is 0 Å². The lowest BCUT2D eigenvalue weighted by molar-refractivity contribution is 0.628. The standard InChI is InChI=1S/C24H18FN3/c1-16-5-4-6-17(13-16)14-28-15-21-23(18-9-11-19(25)12-10-18)26-27-24(21)20-7-2-3-8-22(20)28/h2-13,15H,14H2,1H3. The predicted molar refractivity (Wildman–Crippen MR) is 110 cm³/mol. The topological polar surface area (TPSA) is 30.7 Å². The molecule has 0 atom stereocenters. The molecule has 0 radical (unpaired) electrons. The summed E-state index contributed by atoms with van der Waals surface area (Å²) in [5.41, 5.74) is 7.08. The minimum Gasteiger partial charge on any atom is -0.342 e. The van der Waals surface area contributed by atoms with Crippen LogP contribution in [0.3, 0.4) is 0 Å². The van der Waals surface area contributed by atoms with Gasteiger partial charge in [0.25, 0.3) is 0 Å². The third kappa shape index (κ3) is 2.83. The highest BCUT2D eigenvalue weighted by atomic mass is 19.1. The van der Waals surface area contributed by atoms with Crippen molar-refractivity contribution in [3.63, 3.8) is 0 Å². The van der Waals surface area contributed by atoms with Crippen molar-refractivity contribution in [2.45, 2.75) is 13.5 Å². The van der Waals surface area contributed by atoms with Crippen molar-refractivity contribution in [1.82, 2.24) is 14.8 Å². The first-order chi connectivity index (χ1) is 13.7. The summed E-state index contributed by atoms with van der Waals surface area (Å²) in [6, 6.07) is 23.2. The second kappa shape index (κ2) is 6.57. The van der Waals surface area contributed by atoms with E-state index in [1.54, 1.807) is 12.1 Å². The van der Waals surface area contributed by atoms with Gasteiger partial charge in [0.2, 0.25) is 0 Å². The lowest BCUT2D eigenvalue weighted by atomic mass is 10.0. The Hall–Kier alpha value is -3.53. The van der Waals surface area contributed by atoms with Gasteiger partial charge >= 0.3 is 0 Å². The summed E-state index contributed by atoms with van der Waals surface area (Å²) < 4.78 is 15.6. The Balaban J connectivity index is 1.72. The van der Waals surface area contributed by atoms with E-state index in [1.165, 1.54) is 23.3 Å².